The Morgan fingerprint density at radius 3 is 2.18 bits per heavy atom. The smallest absolute Gasteiger partial charge is 0.302 e. The van der Waals surface area contributed by atoms with Gasteiger partial charge in [-0.1, -0.05) is 51.0 Å². The van der Waals surface area contributed by atoms with Crippen molar-refractivity contribution >= 4 is 5.97 Å². The zero-order chi connectivity index (χ0) is 17.3. The Balaban J connectivity index is 4.32. The van der Waals surface area contributed by atoms with Gasteiger partial charge in [0, 0.05) is 13.3 Å². The lowest BCUT2D eigenvalue weighted by Crippen LogP contribution is -2.15. The summed E-state index contributed by atoms with van der Waals surface area (Å²) in [5.41, 5.74) is 3.14. The molecule has 0 amide bonds. The lowest BCUT2D eigenvalue weighted by atomic mass is 9.77. The number of esters is 1. The highest BCUT2D eigenvalue weighted by atomic mass is 16.5. The zero-order valence-corrected chi connectivity index (χ0v) is 16.0. The molecule has 0 aromatic carbocycles. The van der Waals surface area contributed by atoms with Crippen LogP contribution >= 0.6 is 0 Å². The van der Waals surface area contributed by atoms with Crippen molar-refractivity contribution in [3.63, 3.8) is 0 Å². The van der Waals surface area contributed by atoms with Gasteiger partial charge in [-0.05, 0) is 51.4 Å². The molecule has 0 rings (SSSR count). The monoisotopic (exact) mass is 308 g/mol. The highest BCUT2D eigenvalue weighted by Gasteiger charge is 2.20. The molecule has 0 spiro atoms. The fraction of sp³-hybridized carbons (Fsp3) is 0.750. The Hall–Kier alpha value is -1.05. The summed E-state index contributed by atoms with van der Waals surface area (Å²) in [5, 5.41) is 0. The van der Waals surface area contributed by atoms with Crippen LogP contribution in [0.15, 0.2) is 23.3 Å². The molecule has 0 aromatic rings. The van der Waals surface area contributed by atoms with Crippen molar-refractivity contribution in [2.45, 2.75) is 87.2 Å². The number of carbonyl (C=O) groups is 1. The van der Waals surface area contributed by atoms with Crippen LogP contribution in [0.5, 0.6) is 0 Å². The molecule has 0 bridgehead atoms. The van der Waals surface area contributed by atoms with E-state index >= 15 is 0 Å². The molecule has 1 atom stereocenters. The van der Waals surface area contributed by atoms with Crippen molar-refractivity contribution in [2.75, 3.05) is 0 Å². The van der Waals surface area contributed by atoms with E-state index in [1.54, 1.807) is 0 Å². The molecule has 0 aromatic heterocycles. The van der Waals surface area contributed by atoms with E-state index in [4.69, 9.17) is 4.74 Å². The molecule has 0 fully saturated rings. The standard InChI is InChI=1S/C20H36O2/c1-15(2)14-20(7,8)17(4)11-9-10-16(3)12-13-18(5)22-19(6)21/h11-12,15,18H,9-10,13-14H2,1-8H3/b16-12+,17-11+. The molecule has 128 valence electrons. The third-order valence-corrected chi connectivity index (χ3v) is 4.14. The van der Waals surface area contributed by atoms with Crippen LogP contribution in [-0.2, 0) is 9.53 Å². The van der Waals surface area contributed by atoms with Gasteiger partial charge in [0.15, 0.2) is 0 Å². The van der Waals surface area contributed by atoms with Crippen molar-refractivity contribution in [2.24, 2.45) is 11.3 Å². The summed E-state index contributed by atoms with van der Waals surface area (Å²) in [5.74, 6) is 0.521. The van der Waals surface area contributed by atoms with Crippen LogP contribution in [-0.4, -0.2) is 12.1 Å². The summed E-state index contributed by atoms with van der Waals surface area (Å²) in [4.78, 5) is 10.9. The molecule has 0 N–H and O–H groups in total. The fourth-order valence-corrected chi connectivity index (χ4v) is 2.77. The van der Waals surface area contributed by atoms with Crippen LogP contribution in [0.4, 0.5) is 0 Å². The first-order valence-electron chi connectivity index (χ1n) is 8.54. The van der Waals surface area contributed by atoms with E-state index in [-0.39, 0.29) is 17.5 Å². The molecule has 1 unspecified atom stereocenters. The van der Waals surface area contributed by atoms with Crippen LogP contribution in [0.25, 0.3) is 0 Å². The topological polar surface area (TPSA) is 26.3 Å². The summed E-state index contributed by atoms with van der Waals surface area (Å²) in [6.07, 6.45) is 8.72. The number of hydrogen-bond acceptors (Lipinski definition) is 2. The summed E-state index contributed by atoms with van der Waals surface area (Å²) in [7, 11) is 0. The Morgan fingerprint density at radius 2 is 1.68 bits per heavy atom. The minimum Gasteiger partial charge on any atom is -0.463 e. The van der Waals surface area contributed by atoms with Crippen molar-refractivity contribution < 1.29 is 9.53 Å². The largest absolute Gasteiger partial charge is 0.463 e. The molecule has 2 nitrogen and oxygen atoms in total. The van der Waals surface area contributed by atoms with E-state index in [0.717, 1.165) is 25.2 Å². The second-order valence-electron chi connectivity index (χ2n) is 7.61. The molecule has 0 heterocycles. The molecule has 0 saturated heterocycles. The molecule has 0 aliphatic rings. The quantitative estimate of drug-likeness (QED) is 0.381. The van der Waals surface area contributed by atoms with Gasteiger partial charge >= 0.3 is 5.97 Å². The average molecular weight is 309 g/mol. The van der Waals surface area contributed by atoms with Gasteiger partial charge < -0.3 is 4.74 Å². The zero-order valence-electron chi connectivity index (χ0n) is 16.0. The summed E-state index contributed by atoms with van der Waals surface area (Å²) >= 11 is 0. The SMILES string of the molecule is CC(=O)OC(C)C/C=C(\C)CC/C=C(\C)C(C)(C)CC(C)C. The lowest BCUT2D eigenvalue weighted by molar-refractivity contribution is -0.145. The van der Waals surface area contributed by atoms with Crippen molar-refractivity contribution in [3.8, 4) is 0 Å². The minimum atomic E-state index is -0.204. The van der Waals surface area contributed by atoms with Crippen molar-refractivity contribution in [1.82, 2.24) is 0 Å². The third-order valence-electron chi connectivity index (χ3n) is 4.14. The minimum absolute atomic E-state index is 0.0327. The van der Waals surface area contributed by atoms with E-state index in [2.05, 4.69) is 53.7 Å². The molecule has 2 heteroatoms. The van der Waals surface area contributed by atoms with Gasteiger partial charge in [0.05, 0.1) is 0 Å². The summed E-state index contributed by atoms with van der Waals surface area (Å²) in [6, 6.07) is 0. The van der Waals surface area contributed by atoms with Gasteiger partial charge in [-0.3, -0.25) is 4.79 Å². The maximum atomic E-state index is 10.9. The first-order valence-corrected chi connectivity index (χ1v) is 8.54. The van der Waals surface area contributed by atoms with Crippen LogP contribution in [0.1, 0.15) is 81.1 Å². The highest BCUT2D eigenvalue weighted by molar-refractivity contribution is 5.66. The third kappa shape index (κ3) is 9.81. The van der Waals surface area contributed by atoms with Crippen molar-refractivity contribution in [1.29, 1.82) is 0 Å². The molecule has 0 radical (unpaired) electrons. The number of carbonyl (C=O) groups excluding carboxylic acids is 1. The van der Waals surface area contributed by atoms with E-state index < -0.39 is 0 Å². The maximum absolute atomic E-state index is 10.9. The number of ether oxygens (including phenoxy) is 1. The Labute approximate surface area is 138 Å². The highest BCUT2D eigenvalue weighted by Crippen LogP contribution is 2.33. The number of rotatable bonds is 9. The van der Waals surface area contributed by atoms with Gasteiger partial charge in [0.1, 0.15) is 6.10 Å². The fourth-order valence-electron chi connectivity index (χ4n) is 2.77. The Bertz CT molecular complexity index is 400. The summed E-state index contributed by atoms with van der Waals surface area (Å²) in [6.45, 7) is 17.0. The van der Waals surface area contributed by atoms with Gasteiger partial charge in [0.2, 0.25) is 0 Å². The van der Waals surface area contributed by atoms with Gasteiger partial charge in [-0.15, -0.1) is 0 Å². The predicted octanol–water partition coefficient (Wildman–Crippen LogP) is 6.07. The van der Waals surface area contributed by atoms with E-state index in [1.165, 1.54) is 24.5 Å². The second-order valence-corrected chi connectivity index (χ2v) is 7.61. The molecule has 0 saturated carbocycles. The van der Waals surface area contributed by atoms with Crippen LogP contribution in [0.3, 0.4) is 0 Å². The molecular weight excluding hydrogens is 272 g/mol. The molecular formula is C20H36O2. The van der Waals surface area contributed by atoms with Gasteiger partial charge in [-0.25, -0.2) is 0 Å². The first kappa shape index (κ1) is 20.9. The average Bonchev–Trinajstić information content (AvgIpc) is 2.33. The van der Waals surface area contributed by atoms with E-state index in [9.17, 15) is 4.79 Å². The van der Waals surface area contributed by atoms with Crippen LogP contribution in [0.2, 0.25) is 0 Å². The maximum Gasteiger partial charge on any atom is 0.302 e. The number of hydrogen-bond donors (Lipinski definition) is 0. The van der Waals surface area contributed by atoms with Crippen LogP contribution < -0.4 is 0 Å². The summed E-state index contributed by atoms with van der Waals surface area (Å²) < 4.78 is 5.13. The Kier molecular flexibility index (Phi) is 9.39. The molecule has 0 aliphatic heterocycles. The van der Waals surface area contributed by atoms with Crippen LogP contribution in [0, 0.1) is 11.3 Å². The lowest BCUT2D eigenvalue weighted by Gasteiger charge is -2.28. The normalized spacial score (nSPS) is 15.1. The van der Waals surface area contributed by atoms with Gasteiger partial charge in [-0.2, -0.15) is 0 Å². The van der Waals surface area contributed by atoms with E-state index in [1.807, 2.05) is 6.92 Å². The van der Waals surface area contributed by atoms with Crippen molar-refractivity contribution in [3.05, 3.63) is 23.3 Å². The predicted molar refractivity (Wildman–Crippen MR) is 95.8 cm³/mol. The Morgan fingerprint density at radius 1 is 1.09 bits per heavy atom. The second kappa shape index (κ2) is 9.86. The molecule has 0 aliphatic carbocycles. The van der Waals surface area contributed by atoms with Gasteiger partial charge in [0.25, 0.3) is 0 Å². The van der Waals surface area contributed by atoms with E-state index in [0.29, 0.717) is 0 Å². The first-order chi connectivity index (χ1) is 10.0. The molecule has 22 heavy (non-hydrogen) atoms. The number of allylic oxidation sites excluding steroid dienone is 3.